The number of aromatic nitrogens is 2. The second-order valence-electron chi connectivity index (χ2n) is 3.74. The maximum absolute atomic E-state index is 12.2. The van der Waals surface area contributed by atoms with Crippen molar-refractivity contribution in [2.75, 3.05) is 11.8 Å². The molecule has 0 aliphatic heterocycles. The Morgan fingerprint density at radius 3 is 2.68 bits per heavy atom. The predicted octanol–water partition coefficient (Wildman–Crippen LogP) is 1.99. The zero-order valence-corrected chi connectivity index (χ0v) is 12.7. The van der Waals surface area contributed by atoms with Gasteiger partial charge in [0.25, 0.3) is 10.0 Å². The summed E-state index contributed by atoms with van der Waals surface area (Å²) >= 11 is 3.29. The molecule has 2 aromatic rings. The third kappa shape index (κ3) is 2.90. The molecule has 1 aromatic heterocycles. The van der Waals surface area contributed by atoms with Crippen molar-refractivity contribution in [1.82, 2.24) is 9.78 Å². The molecule has 0 fully saturated rings. The van der Waals surface area contributed by atoms with Crippen molar-refractivity contribution in [3.63, 3.8) is 0 Å². The van der Waals surface area contributed by atoms with Gasteiger partial charge in [0.1, 0.15) is 5.75 Å². The molecule has 0 atom stereocenters. The molecule has 102 valence electrons. The van der Waals surface area contributed by atoms with Gasteiger partial charge in [-0.3, -0.25) is 9.40 Å². The summed E-state index contributed by atoms with van der Waals surface area (Å²) in [4.78, 5) is 0. The molecule has 0 bridgehead atoms. The van der Waals surface area contributed by atoms with Gasteiger partial charge in [0.2, 0.25) is 0 Å². The van der Waals surface area contributed by atoms with Gasteiger partial charge in [0.15, 0.2) is 5.03 Å². The number of aryl methyl sites for hydroxylation is 1. The number of anilines is 1. The SMILES string of the molecule is COc1ccc(Br)c(NS(=O)(=O)c2ccnn2C)c1. The van der Waals surface area contributed by atoms with Crippen LogP contribution in [0.4, 0.5) is 5.69 Å². The number of benzene rings is 1. The van der Waals surface area contributed by atoms with E-state index in [9.17, 15) is 8.42 Å². The molecule has 6 nitrogen and oxygen atoms in total. The molecule has 19 heavy (non-hydrogen) atoms. The third-order valence-electron chi connectivity index (χ3n) is 2.47. The molecule has 0 saturated heterocycles. The topological polar surface area (TPSA) is 73.2 Å². The van der Waals surface area contributed by atoms with E-state index >= 15 is 0 Å². The van der Waals surface area contributed by atoms with Crippen LogP contribution in [-0.2, 0) is 17.1 Å². The van der Waals surface area contributed by atoms with Crippen molar-refractivity contribution in [2.45, 2.75) is 5.03 Å². The van der Waals surface area contributed by atoms with Crippen LogP contribution >= 0.6 is 15.9 Å². The highest BCUT2D eigenvalue weighted by atomic mass is 79.9. The molecule has 0 aliphatic carbocycles. The van der Waals surface area contributed by atoms with Gasteiger partial charge in [0, 0.05) is 17.6 Å². The standard InChI is InChI=1S/C11H12BrN3O3S/c1-15-11(5-6-13-15)19(16,17)14-10-7-8(18-2)3-4-9(10)12/h3-7,14H,1-2H3. The van der Waals surface area contributed by atoms with E-state index in [4.69, 9.17) is 4.74 Å². The molecular weight excluding hydrogens is 334 g/mol. The van der Waals surface area contributed by atoms with Gasteiger partial charge in [-0.25, -0.2) is 0 Å². The minimum Gasteiger partial charge on any atom is -0.497 e. The summed E-state index contributed by atoms with van der Waals surface area (Å²) in [6.45, 7) is 0. The lowest BCUT2D eigenvalue weighted by Gasteiger charge is -2.11. The quantitative estimate of drug-likeness (QED) is 0.919. The minimum absolute atomic E-state index is 0.0854. The highest BCUT2D eigenvalue weighted by Crippen LogP contribution is 2.28. The lowest BCUT2D eigenvalue weighted by molar-refractivity contribution is 0.415. The first kappa shape index (κ1) is 13.9. The number of sulfonamides is 1. The van der Waals surface area contributed by atoms with E-state index in [2.05, 4.69) is 25.8 Å². The van der Waals surface area contributed by atoms with Crippen LogP contribution in [0.2, 0.25) is 0 Å². The molecule has 1 N–H and O–H groups in total. The molecule has 0 saturated carbocycles. The molecular formula is C11H12BrN3O3S. The number of hydrogen-bond donors (Lipinski definition) is 1. The second kappa shape index (κ2) is 5.22. The van der Waals surface area contributed by atoms with Crippen LogP contribution in [0.15, 0.2) is 40.0 Å². The van der Waals surface area contributed by atoms with Gasteiger partial charge in [-0.05, 0) is 34.1 Å². The van der Waals surface area contributed by atoms with Crippen molar-refractivity contribution >= 4 is 31.6 Å². The summed E-state index contributed by atoms with van der Waals surface area (Å²) < 4.78 is 33.9. The highest BCUT2D eigenvalue weighted by molar-refractivity contribution is 9.10. The van der Waals surface area contributed by atoms with Crippen LogP contribution in [0, 0.1) is 0 Å². The summed E-state index contributed by atoms with van der Waals surface area (Å²) in [5.74, 6) is 0.561. The summed E-state index contributed by atoms with van der Waals surface area (Å²) in [6, 6.07) is 6.46. The van der Waals surface area contributed by atoms with Gasteiger partial charge < -0.3 is 4.74 Å². The lowest BCUT2D eigenvalue weighted by Crippen LogP contribution is -2.17. The Morgan fingerprint density at radius 1 is 1.37 bits per heavy atom. The van der Waals surface area contributed by atoms with Crippen molar-refractivity contribution < 1.29 is 13.2 Å². The summed E-state index contributed by atoms with van der Waals surface area (Å²) in [5, 5.41) is 3.93. The predicted molar refractivity (Wildman–Crippen MR) is 74.7 cm³/mol. The first-order valence-corrected chi connectivity index (χ1v) is 7.56. The van der Waals surface area contributed by atoms with Crippen molar-refractivity contribution in [2.24, 2.45) is 7.05 Å². The highest BCUT2D eigenvalue weighted by Gasteiger charge is 2.19. The Hall–Kier alpha value is -1.54. The molecule has 0 radical (unpaired) electrons. The first-order chi connectivity index (χ1) is 8.94. The lowest BCUT2D eigenvalue weighted by atomic mass is 10.3. The number of nitrogens with one attached hydrogen (secondary N) is 1. The molecule has 0 unspecified atom stereocenters. The normalized spacial score (nSPS) is 11.3. The van der Waals surface area contributed by atoms with Crippen molar-refractivity contribution in [3.05, 3.63) is 34.9 Å². The van der Waals surface area contributed by atoms with E-state index in [-0.39, 0.29) is 5.03 Å². The Kier molecular flexibility index (Phi) is 3.81. The summed E-state index contributed by atoms with van der Waals surface area (Å²) in [6.07, 6.45) is 1.43. The van der Waals surface area contributed by atoms with E-state index in [1.165, 1.54) is 24.1 Å². The fourth-order valence-electron chi connectivity index (χ4n) is 1.53. The largest absolute Gasteiger partial charge is 0.497 e. The van der Waals surface area contributed by atoms with Crippen LogP contribution < -0.4 is 9.46 Å². The van der Waals surface area contributed by atoms with E-state index < -0.39 is 10.0 Å². The average molecular weight is 346 g/mol. The fourth-order valence-corrected chi connectivity index (χ4v) is 3.21. The Bertz CT molecular complexity index is 697. The molecule has 1 heterocycles. The zero-order chi connectivity index (χ0) is 14.0. The monoisotopic (exact) mass is 345 g/mol. The van der Waals surface area contributed by atoms with Crippen LogP contribution in [0.5, 0.6) is 5.75 Å². The number of methoxy groups -OCH3 is 1. The maximum Gasteiger partial charge on any atom is 0.279 e. The van der Waals surface area contributed by atoms with Gasteiger partial charge >= 0.3 is 0 Å². The van der Waals surface area contributed by atoms with Crippen LogP contribution in [0.1, 0.15) is 0 Å². The number of hydrogen-bond acceptors (Lipinski definition) is 4. The Morgan fingerprint density at radius 2 is 2.11 bits per heavy atom. The van der Waals surface area contributed by atoms with Gasteiger partial charge in [-0.15, -0.1) is 0 Å². The fraction of sp³-hybridized carbons (Fsp3) is 0.182. The second-order valence-corrected chi connectivity index (χ2v) is 6.23. The maximum atomic E-state index is 12.2. The van der Waals surface area contributed by atoms with Crippen LogP contribution in [-0.4, -0.2) is 25.3 Å². The van der Waals surface area contributed by atoms with E-state index in [1.54, 1.807) is 25.2 Å². The van der Waals surface area contributed by atoms with Gasteiger partial charge in [-0.2, -0.15) is 13.5 Å². The van der Waals surface area contributed by atoms with Gasteiger partial charge in [-0.1, -0.05) is 0 Å². The first-order valence-electron chi connectivity index (χ1n) is 5.28. The number of halogens is 1. The molecule has 0 aliphatic rings. The van der Waals surface area contributed by atoms with Crippen LogP contribution in [0.3, 0.4) is 0 Å². The zero-order valence-electron chi connectivity index (χ0n) is 10.3. The third-order valence-corrected chi connectivity index (χ3v) is 4.60. The Labute approximate surface area is 119 Å². The summed E-state index contributed by atoms with van der Waals surface area (Å²) in [7, 11) is -0.602. The van der Waals surface area contributed by atoms with Crippen LogP contribution in [0.25, 0.3) is 0 Å². The molecule has 0 amide bonds. The molecule has 1 aromatic carbocycles. The van der Waals surface area contributed by atoms with E-state index in [0.29, 0.717) is 15.9 Å². The smallest absolute Gasteiger partial charge is 0.279 e. The summed E-state index contributed by atoms with van der Waals surface area (Å²) in [5.41, 5.74) is 0.403. The van der Waals surface area contributed by atoms with Gasteiger partial charge in [0.05, 0.1) is 19.0 Å². The molecule has 0 spiro atoms. The average Bonchev–Trinajstić information content (AvgIpc) is 2.79. The number of rotatable bonds is 4. The minimum atomic E-state index is -3.68. The molecule has 2 rings (SSSR count). The number of ether oxygens (including phenoxy) is 1. The van der Waals surface area contributed by atoms with E-state index in [1.807, 2.05) is 0 Å². The van der Waals surface area contributed by atoms with Crippen molar-refractivity contribution in [3.8, 4) is 5.75 Å². The Balaban J connectivity index is 2.38. The molecule has 8 heteroatoms. The number of nitrogens with zero attached hydrogens (tertiary/aromatic N) is 2. The van der Waals surface area contributed by atoms with E-state index in [0.717, 1.165) is 0 Å². The van der Waals surface area contributed by atoms with Crippen molar-refractivity contribution in [1.29, 1.82) is 0 Å².